The van der Waals surface area contributed by atoms with Gasteiger partial charge in [-0.1, -0.05) is 18.2 Å². The van der Waals surface area contributed by atoms with E-state index in [1.807, 2.05) is 18.2 Å². The lowest BCUT2D eigenvalue weighted by atomic mass is 10.1. The van der Waals surface area contributed by atoms with Crippen molar-refractivity contribution >= 4 is 17.4 Å². The number of carbonyl (C=O) groups is 2. The Kier molecular flexibility index (Phi) is 5.36. The first-order chi connectivity index (χ1) is 11.0. The molecule has 0 N–H and O–H groups in total. The van der Waals surface area contributed by atoms with Crippen LogP contribution < -0.4 is 14.4 Å². The average Bonchev–Trinajstić information content (AvgIpc) is 2.59. The van der Waals surface area contributed by atoms with E-state index in [-0.39, 0.29) is 18.3 Å². The maximum Gasteiger partial charge on any atom is 0.264 e. The van der Waals surface area contributed by atoms with Crippen LogP contribution in [0.1, 0.15) is 17.3 Å². The molecule has 0 unspecified atom stereocenters. The number of rotatable bonds is 6. The monoisotopic (exact) mass is 313 g/mol. The highest BCUT2D eigenvalue weighted by molar-refractivity contribution is 5.99. The Labute approximate surface area is 135 Å². The number of para-hydroxylation sites is 1. The number of benzene rings is 2. The molecule has 0 heterocycles. The Morgan fingerprint density at radius 3 is 2.39 bits per heavy atom. The number of carbonyl (C=O) groups excluding carboxylic acids is 2. The van der Waals surface area contributed by atoms with Gasteiger partial charge in [0.25, 0.3) is 5.91 Å². The van der Waals surface area contributed by atoms with Crippen molar-refractivity contribution < 1.29 is 19.1 Å². The van der Waals surface area contributed by atoms with Crippen molar-refractivity contribution in [3.63, 3.8) is 0 Å². The minimum Gasteiger partial charge on any atom is -0.496 e. The fourth-order valence-electron chi connectivity index (χ4n) is 2.08. The zero-order valence-corrected chi connectivity index (χ0v) is 13.4. The molecule has 0 aliphatic heterocycles. The lowest BCUT2D eigenvalue weighted by Crippen LogP contribution is -2.31. The van der Waals surface area contributed by atoms with E-state index in [0.29, 0.717) is 22.7 Å². The summed E-state index contributed by atoms with van der Waals surface area (Å²) in [5.41, 5.74) is 1.12. The van der Waals surface area contributed by atoms with Crippen molar-refractivity contribution in [2.45, 2.75) is 6.92 Å². The first-order valence-electron chi connectivity index (χ1n) is 7.16. The van der Waals surface area contributed by atoms with E-state index >= 15 is 0 Å². The fraction of sp³-hybridized carbons (Fsp3) is 0.222. The minimum atomic E-state index is -0.202. The summed E-state index contributed by atoms with van der Waals surface area (Å²) < 4.78 is 10.7. The van der Waals surface area contributed by atoms with Crippen LogP contribution in [0.4, 0.5) is 5.69 Å². The van der Waals surface area contributed by atoms with Crippen molar-refractivity contribution in [3.8, 4) is 11.5 Å². The molecule has 0 saturated carbocycles. The molecule has 0 spiro atoms. The average molecular weight is 313 g/mol. The van der Waals surface area contributed by atoms with Gasteiger partial charge in [-0.2, -0.15) is 0 Å². The Balaban J connectivity index is 2.08. The largest absolute Gasteiger partial charge is 0.496 e. The van der Waals surface area contributed by atoms with Crippen LogP contribution in [0, 0.1) is 0 Å². The molecule has 0 saturated heterocycles. The summed E-state index contributed by atoms with van der Waals surface area (Å²) in [5, 5.41) is 0. The van der Waals surface area contributed by atoms with Crippen LogP contribution in [0.3, 0.4) is 0 Å². The number of ether oxygens (including phenoxy) is 2. The van der Waals surface area contributed by atoms with E-state index in [1.165, 1.54) is 18.9 Å². The molecule has 5 heteroatoms. The molecule has 120 valence electrons. The van der Waals surface area contributed by atoms with Gasteiger partial charge >= 0.3 is 0 Å². The van der Waals surface area contributed by atoms with Gasteiger partial charge in [-0.15, -0.1) is 0 Å². The van der Waals surface area contributed by atoms with Crippen molar-refractivity contribution in [1.82, 2.24) is 0 Å². The molecule has 0 radical (unpaired) electrons. The third kappa shape index (κ3) is 4.10. The van der Waals surface area contributed by atoms with E-state index < -0.39 is 0 Å². The molecule has 0 aliphatic rings. The highest BCUT2D eigenvalue weighted by Gasteiger charge is 2.15. The fourth-order valence-corrected chi connectivity index (χ4v) is 2.08. The highest BCUT2D eigenvalue weighted by atomic mass is 16.5. The topological polar surface area (TPSA) is 55.8 Å². The zero-order valence-electron chi connectivity index (χ0n) is 13.4. The van der Waals surface area contributed by atoms with Crippen LogP contribution in [0.2, 0.25) is 0 Å². The van der Waals surface area contributed by atoms with Gasteiger partial charge in [-0.25, -0.2) is 0 Å². The summed E-state index contributed by atoms with van der Waals surface area (Å²) in [6.45, 7) is 1.40. The second-order valence-electron chi connectivity index (χ2n) is 5.00. The van der Waals surface area contributed by atoms with Crippen LogP contribution in [0.5, 0.6) is 11.5 Å². The summed E-state index contributed by atoms with van der Waals surface area (Å²) >= 11 is 0. The van der Waals surface area contributed by atoms with Gasteiger partial charge in [0.05, 0.1) is 12.7 Å². The number of amides is 1. The number of likely N-dealkylation sites (N-methyl/N-ethyl adjacent to an activating group) is 1. The summed E-state index contributed by atoms with van der Waals surface area (Å²) in [6.07, 6.45) is 0. The van der Waals surface area contributed by atoms with Gasteiger partial charge in [-0.3, -0.25) is 9.59 Å². The van der Waals surface area contributed by atoms with Crippen LogP contribution in [0.25, 0.3) is 0 Å². The standard InChI is InChI=1S/C18H19NO4/c1-13(20)16-10-9-14(11-17(16)22-3)19(2)18(21)12-23-15-7-5-4-6-8-15/h4-11H,12H2,1-3H3. The Morgan fingerprint density at radius 2 is 1.78 bits per heavy atom. The first kappa shape index (κ1) is 16.5. The van der Waals surface area contributed by atoms with Crippen LogP contribution in [0.15, 0.2) is 48.5 Å². The third-order valence-corrected chi connectivity index (χ3v) is 3.43. The van der Waals surface area contributed by atoms with E-state index in [4.69, 9.17) is 9.47 Å². The number of anilines is 1. The molecule has 0 bridgehead atoms. The number of hydrogen-bond donors (Lipinski definition) is 0. The van der Waals surface area contributed by atoms with Crippen LogP contribution in [-0.4, -0.2) is 32.5 Å². The van der Waals surface area contributed by atoms with Gasteiger partial charge in [-0.05, 0) is 31.2 Å². The van der Waals surface area contributed by atoms with E-state index in [2.05, 4.69) is 0 Å². The SMILES string of the molecule is COc1cc(N(C)C(=O)COc2ccccc2)ccc1C(C)=O. The summed E-state index contributed by atoms with van der Waals surface area (Å²) in [4.78, 5) is 25.2. The second-order valence-corrected chi connectivity index (χ2v) is 5.00. The maximum atomic E-state index is 12.2. The molecule has 0 atom stereocenters. The normalized spacial score (nSPS) is 10.0. The Hall–Kier alpha value is -2.82. The van der Waals surface area contributed by atoms with Crippen LogP contribution in [-0.2, 0) is 4.79 Å². The predicted octanol–water partition coefficient (Wildman–Crippen LogP) is 2.94. The van der Waals surface area contributed by atoms with Crippen LogP contribution >= 0.6 is 0 Å². The first-order valence-corrected chi connectivity index (χ1v) is 7.16. The predicted molar refractivity (Wildman–Crippen MR) is 88.3 cm³/mol. The summed E-state index contributed by atoms with van der Waals surface area (Å²) in [6, 6.07) is 14.2. The van der Waals surface area contributed by atoms with E-state index in [0.717, 1.165) is 0 Å². The minimum absolute atomic E-state index is 0.0721. The van der Waals surface area contributed by atoms with Gasteiger partial charge in [0.15, 0.2) is 12.4 Å². The number of Topliss-reactive ketones (excluding diaryl/α,β-unsaturated/α-hetero) is 1. The summed E-state index contributed by atoms with van der Waals surface area (Å²) in [7, 11) is 3.14. The lowest BCUT2D eigenvalue weighted by molar-refractivity contribution is -0.120. The Morgan fingerprint density at radius 1 is 1.09 bits per heavy atom. The van der Waals surface area contributed by atoms with Gasteiger partial charge in [0, 0.05) is 18.8 Å². The van der Waals surface area contributed by atoms with Gasteiger partial charge < -0.3 is 14.4 Å². The van der Waals surface area contributed by atoms with Gasteiger partial charge in [0.1, 0.15) is 11.5 Å². The lowest BCUT2D eigenvalue weighted by Gasteiger charge is -2.19. The molecule has 0 aromatic heterocycles. The second kappa shape index (κ2) is 7.45. The number of hydrogen-bond acceptors (Lipinski definition) is 4. The van der Waals surface area contributed by atoms with Gasteiger partial charge in [0.2, 0.25) is 0 Å². The molecule has 2 aromatic carbocycles. The molecule has 0 fully saturated rings. The number of methoxy groups -OCH3 is 1. The van der Waals surface area contributed by atoms with E-state index in [9.17, 15) is 9.59 Å². The molecule has 1 amide bonds. The summed E-state index contributed by atoms with van der Waals surface area (Å²) in [5.74, 6) is 0.790. The molecular weight excluding hydrogens is 294 g/mol. The van der Waals surface area contributed by atoms with E-state index in [1.54, 1.807) is 37.4 Å². The molecule has 23 heavy (non-hydrogen) atoms. The third-order valence-electron chi connectivity index (χ3n) is 3.43. The van der Waals surface area contributed by atoms with Crippen molar-refractivity contribution in [1.29, 1.82) is 0 Å². The molecular formula is C18H19NO4. The number of ketones is 1. The molecule has 5 nitrogen and oxygen atoms in total. The molecule has 2 rings (SSSR count). The quantitative estimate of drug-likeness (QED) is 0.769. The highest BCUT2D eigenvalue weighted by Crippen LogP contribution is 2.25. The van der Waals surface area contributed by atoms with Crippen molar-refractivity contribution in [3.05, 3.63) is 54.1 Å². The Bertz CT molecular complexity index is 697. The molecule has 2 aromatic rings. The number of nitrogens with zero attached hydrogens (tertiary/aromatic N) is 1. The van der Waals surface area contributed by atoms with Crippen molar-refractivity contribution in [2.75, 3.05) is 25.7 Å². The maximum absolute atomic E-state index is 12.2. The van der Waals surface area contributed by atoms with Crippen molar-refractivity contribution in [2.24, 2.45) is 0 Å². The zero-order chi connectivity index (χ0) is 16.8. The molecule has 0 aliphatic carbocycles. The smallest absolute Gasteiger partial charge is 0.264 e.